The second-order valence-corrected chi connectivity index (χ2v) is 6.22. The van der Waals surface area contributed by atoms with Gasteiger partial charge in [0, 0.05) is 16.0 Å². The number of nitrogens with one attached hydrogen (secondary N) is 1. The first-order valence-electron chi connectivity index (χ1n) is 5.99. The smallest absolute Gasteiger partial charge is 0.407 e. The Hall–Kier alpha value is -1.21. The molecule has 20 heavy (non-hydrogen) atoms. The summed E-state index contributed by atoms with van der Waals surface area (Å²) in [7, 11) is 1.31. The zero-order chi connectivity index (χ0) is 14.5. The van der Waals surface area contributed by atoms with E-state index in [1.165, 1.54) is 7.11 Å². The van der Waals surface area contributed by atoms with Gasteiger partial charge >= 0.3 is 12.1 Å². The Labute approximate surface area is 129 Å². The summed E-state index contributed by atoms with van der Waals surface area (Å²) in [6.07, 6.45) is -0.850. The standard InChI is InChI=1S/C13H14BrNO4S/c1-18-13(17)15-10-6-20-7-11(10)19-12(16)8-2-4-9(14)5-3-8/h2-5,10-11H,6-7H2,1H3,(H,15,17)/t10-,11-/m0/s1. The summed E-state index contributed by atoms with van der Waals surface area (Å²) in [5.41, 5.74) is 0.488. The number of esters is 1. The number of hydrogen-bond donors (Lipinski definition) is 1. The Morgan fingerprint density at radius 1 is 1.30 bits per heavy atom. The number of alkyl carbamates (subject to hydrolysis) is 1. The minimum atomic E-state index is -0.512. The van der Waals surface area contributed by atoms with Crippen LogP contribution in [0.5, 0.6) is 0 Å². The van der Waals surface area contributed by atoms with Gasteiger partial charge in [0.15, 0.2) is 0 Å². The third-order valence-electron chi connectivity index (χ3n) is 2.86. The lowest BCUT2D eigenvalue weighted by atomic mass is 10.2. The van der Waals surface area contributed by atoms with E-state index in [0.29, 0.717) is 17.1 Å². The molecule has 7 heteroatoms. The number of halogens is 1. The van der Waals surface area contributed by atoms with Crippen LogP contribution in [0.3, 0.4) is 0 Å². The highest BCUT2D eigenvalue weighted by atomic mass is 79.9. The monoisotopic (exact) mass is 359 g/mol. The predicted molar refractivity (Wildman–Crippen MR) is 80.0 cm³/mol. The Balaban J connectivity index is 1.96. The fourth-order valence-corrected chi connectivity index (χ4v) is 3.27. The summed E-state index contributed by atoms with van der Waals surface area (Å²) >= 11 is 4.94. The molecule has 0 aliphatic carbocycles. The van der Waals surface area contributed by atoms with Crippen molar-refractivity contribution in [2.75, 3.05) is 18.6 Å². The normalized spacial score (nSPS) is 21.3. The van der Waals surface area contributed by atoms with E-state index in [0.717, 1.165) is 4.47 Å². The van der Waals surface area contributed by atoms with E-state index in [1.54, 1.807) is 36.0 Å². The zero-order valence-electron chi connectivity index (χ0n) is 10.8. The average molecular weight is 360 g/mol. The van der Waals surface area contributed by atoms with Crippen LogP contribution in [0.2, 0.25) is 0 Å². The summed E-state index contributed by atoms with van der Waals surface area (Å²) in [5.74, 6) is 0.978. The van der Waals surface area contributed by atoms with E-state index in [2.05, 4.69) is 26.0 Å². The maximum Gasteiger partial charge on any atom is 0.407 e. The van der Waals surface area contributed by atoms with E-state index < -0.39 is 6.09 Å². The van der Waals surface area contributed by atoms with Crippen LogP contribution in [-0.2, 0) is 9.47 Å². The van der Waals surface area contributed by atoms with Gasteiger partial charge < -0.3 is 14.8 Å². The number of methoxy groups -OCH3 is 1. The van der Waals surface area contributed by atoms with Gasteiger partial charge in [0.05, 0.1) is 18.7 Å². The Morgan fingerprint density at radius 2 is 2.00 bits per heavy atom. The number of rotatable bonds is 3. The molecule has 5 nitrogen and oxygen atoms in total. The Morgan fingerprint density at radius 3 is 2.65 bits per heavy atom. The van der Waals surface area contributed by atoms with Gasteiger partial charge in [-0.25, -0.2) is 9.59 Å². The van der Waals surface area contributed by atoms with E-state index in [1.807, 2.05) is 0 Å². The highest BCUT2D eigenvalue weighted by Crippen LogP contribution is 2.22. The molecule has 1 fully saturated rings. The SMILES string of the molecule is COC(=O)N[C@H]1CSC[C@@H]1OC(=O)c1ccc(Br)cc1. The van der Waals surface area contributed by atoms with Crippen molar-refractivity contribution in [3.63, 3.8) is 0 Å². The van der Waals surface area contributed by atoms with Crippen LogP contribution in [0.4, 0.5) is 4.79 Å². The molecule has 1 aromatic carbocycles. The van der Waals surface area contributed by atoms with Crippen molar-refractivity contribution in [1.82, 2.24) is 5.32 Å². The number of thioether (sulfide) groups is 1. The minimum Gasteiger partial charge on any atom is -0.456 e. The molecule has 1 aliphatic heterocycles. The maximum absolute atomic E-state index is 12.0. The summed E-state index contributed by atoms with van der Waals surface area (Å²) in [6, 6.07) is 6.73. The topological polar surface area (TPSA) is 64.6 Å². The van der Waals surface area contributed by atoms with E-state index >= 15 is 0 Å². The van der Waals surface area contributed by atoms with Crippen LogP contribution in [-0.4, -0.2) is 42.8 Å². The van der Waals surface area contributed by atoms with Gasteiger partial charge in [-0.2, -0.15) is 11.8 Å². The second-order valence-electron chi connectivity index (χ2n) is 4.23. The lowest BCUT2D eigenvalue weighted by Gasteiger charge is -2.19. The molecular formula is C13H14BrNO4S. The van der Waals surface area contributed by atoms with E-state index in [4.69, 9.17) is 4.74 Å². The summed E-state index contributed by atoms with van der Waals surface area (Å²) in [6.45, 7) is 0. The van der Waals surface area contributed by atoms with Crippen LogP contribution < -0.4 is 5.32 Å². The number of amides is 1. The highest BCUT2D eigenvalue weighted by Gasteiger charge is 2.32. The number of ether oxygens (including phenoxy) is 2. The fraction of sp³-hybridized carbons (Fsp3) is 0.385. The van der Waals surface area contributed by atoms with Crippen LogP contribution >= 0.6 is 27.7 Å². The summed E-state index contributed by atoms with van der Waals surface area (Å²) in [5, 5.41) is 2.68. The van der Waals surface area contributed by atoms with Crippen LogP contribution in [0.1, 0.15) is 10.4 Å². The largest absolute Gasteiger partial charge is 0.456 e. The van der Waals surface area contributed by atoms with Gasteiger partial charge in [0.2, 0.25) is 0 Å². The molecule has 108 valence electrons. The molecule has 2 rings (SSSR count). The number of hydrogen-bond acceptors (Lipinski definition) is 5. The van der Waals surface area contributed by atoms with Gasteiger partial charge in [0.1, 0.15) is 6.10 Å². The first-order chi connectivity index (χ1) is 9.60. The predicted octanol–water partition coefficient (Wildman–Crippen LogP) is 2.45. The quantitative estimate of drug-likeness (QED) is 0.839. The third kappa shape index (κ3) is 3.89. The lowest BCUT2D eigenvalue weighted by molar-refractivity contribution is 0.0295. The summed E-state index contributed by atoms with van der Waals surface area (Å²) in [4.78, 5) is 23.2. The van der Waals surface area contributed by atoms with Gasteiger partial charge in [-0.3, -0.25) is 0 Å². The summed E-state index contributed by atoms with van der Waals surface area (Å²) < 4.78 is 10.9. The second kappa shape index (κ2) is 6.99. The zero-order valence-corrected chi connectivity index (χ0v) is 13.2. The van der Waals surface area contributed by atoms with Crippen LogP contribution in [0.15, 0.2) is 28.7 Å². The number of carbonyl (C=O) groups excluding carboxylic acids is 2. The van der Waals surface area contributed by atoms with Gasteiger partial charge in [0.25, 0.3) is 0 Å². The fourth-order valence-electron chi connectivity index (χ4n) is 1.79. The highest BCUT2D eigenvalue weighted by molar-refractivity contribution is 9.10. The molecule has 1 aliphatic rings. The van der Waals surface area contributed by atoms with Crippen molar-refractivity contribution in [3.05, 3.63) is 34.3 Å². The average Bonchev–Trinajstić information content (AvgIpc) is 2.86. The van der Waals surface area contributed by atoms with Crippen LogP contribution in [0.25, 0.3) is 0 Å². The van der Waals surface area contributed by atoms with Crippen molar-refractivity contribution < 1.29 is 19.1 Å². The lowest BCUT2D eigenvalue weighted by Crippen LogP contribution is -2.44. The molecule has 0 radical (unpaired) electrons. The van der Waals surface area contributed by atoms with Crippen molar-refractivity contribution >= 4 is 39.8 Å². The van der Waals surface area contributed by atoms with Gasteiger partial charge in [-0.15, -0.1) is 0 Å². The maximum atomic E-state index is 12.0. The van der Waals surface area contributed by atoms with E-state index in [-0.39, 0.29) is 18.1 Å². The van der Waals surface area contributed by atoms with Gasteiger partial charge in [-0.05, 0) is 24.3 Å². The molecule has 1 aromatic rings. The third-order valence-corrected chi connectivity index (χ3v) is 4.54. The molecule has 0 aromatic heterocycles. The van der Waals surface area contributed by atoms with Crippen molar-refractivity contribution in [1.29, 1.82) is 0 Å². The molecule has 1 N–H and O–H groups in total. The minimum absolute atomic E-state index is 0.216. The Bertz CT molecular complexity index is 494. The molecule has 0 unspecified atom stereocenters. The molecule has 0 bridgehead atoms. The Kier molecular flexibility index (Phi) is 5.31. The number of benzene rings is 1. The molecule has 0 saturated carbocycles. The van der Waals surface area contributed by atoms with E-state index in [9.17, 15) is 9.59 Å². The molecule has 0 spiro atoms. The first kappa shape index (κ1) is 15.2. The van der Waals surface area contributed by atoms with Crippen molar-refractivity contribution in [2.24, 2.45) is 0 Å². The molecule has 2 atom stereocenters. The number of carbonyl (C=O) groups is 2. The van der Waals surface area contributed by atoms with Gasteiger partial charge in [-0.1, -0.05) is 15.9 Å². The molecule has 1 saturated heterocycles. The molecular weight excluding hydrogens is 346 g/mol. The molecule has 1 amide bonds. The van der Waals surface area contributed by atoms with Crippen molar-refractivity contribution in [2.45, 2.75) is 12.1 Å². The molecule has 1 heterocycles. The van der Waals surface area contributed by atoms with Crippen molar-refractivity contribution in [3.8, 4) is 0 Å². The first-order valence-corrected chi connectivity index (χ1v) is 7.93. The van der Waals surface area contributed by atoms with Crippen LogP contribution in [0, 0.1) is 0 Å².